The summed E-state index contributed by atoms with van der Waals surface area (Å²) in [5, 5.41) is 3.01. The Hall–Kier alpha value is -2.07. The van der Waals surface area contributed by atoms with E-state index in [1.54, 1.807) is 12.1 Å². The Morgan fingerprint density at radius 2 is 1.96 bits per heavy atom. The fraction of sp³-hybridized carbons (Fsp3) is 0.250. The highest BCUT2D eigenvalue weighted by Crippen LogP contribution is 2.31. The highest BCUT2D eigenvalue weighted by atomic mass is 32.2. The molecule has 0 unspecified atom stereocenters. The van der Waals surface area contributed by atoms with Crippen LogP contribution in [0.5, 0.6) is 0 Å². The van der Waals surface area contributed by atoms with Gasteiger partial charge in [0.15, 0.2) is 9.84 Å². The number of aromatic nitrogens is 1. The van der Waals surface area contributed by atoms with Crippen LogP contribution >= 0.6 is 11.8 Å². The molecular formula is C16H15F3N2O3S2. The Kier molecular flexibility index (Phi) is 6.30. The van der Waals surface area contributed by atoms with Gasteiger partial charge < -0.3 is 5.32 Å². The number of benzene rings is 1. The van der Waals surface area contributed by atoms with Crippen molar-refractivity contribution in [3.63, 3.8) is 0 Å². The molecule has 0 bridgehead atoms. The van der Waals surface area contributed by atoms with E-state index in [0.29, 0.717) is 16.8 Å². The lowest BCUT2D eigenvalue weighted by molar-refractivity contribution is -0.137. The molecule has 0 saturated heterocycles. The predicted octanol–water partition coefficient (Wildman–Crippen LogP) is 3.62. The van der Waals surface area contributed by atoms with Crippen LogP contribution in [-0.4, -0.2) is 30.8 Å². The van der Waals surface area contributed by atoms with Crippen LogP contribution < -0.4 is 5.32 Å². The second-order valence-corrected chi connectivity index (χ2v) is 8.42. The van der Waals surface area contributed by atoms with Gasteiger partial charge in [-0.3, -0.25) is 4.79 Å². The van der Waals surface area contributed by atoms with Crippen LogP contribution in [0.25, 0.3) is 0 Å². The van der Waals surface area contributed by atoms with Crippen molar-refractivity contribution in [2.24, 2.45) is 0 Å². The first kappa shape index (κ1) is 20.2. The van der Waals surface area contributed by atoms with Gasteiger partial charge in [0.2, 0.25) is 5.91 Å². The highest BCUT2D eigenvalue weighted by molar-refractivity contribution is 8.00. The molecule has 10 heteroatoms. The third-order valence-corrected chi connectivity index (χ3v) is 6.17. The van der Waals surface area contributed by atoms with Crippen molar-refractivity contribution in [3.8, 4) is 0 Å². The molecule has 0 aliphatic carbocycles. The summed E-state index contributed by atoms with van der Waals surface area (Å²) in [6, 6.07) is 6.90. The van der Waals surface area contributed by atoms with Crippen molar-refractivity contribution in [1.82, 2.24) is 4.98 Å². The minimum Gasteiger partial charge on any atom is -0.324 e. The van der Waals surface area contributed by atoms with Gasteiger partial charge in [0, 0.05) is 18.9 Å². The van der Waals surface area contributed by atoms with Crippen molar-refractivity contribution < 1.29 is 26.4 Å². The SMILES string of the molecule is CC(=O)Nc1cccnc1SCCS(=O)(=O)c1cccc(C(F)(F)F)c1. The zero-order valence-electron chi connectivity index (χ0n) is 13.6. The van der Waals surface area contributed by atoms with Crippen LogP contribution in [0.1, 0.15) is 12.5 Å². The Balaban J connectivity index is 2.09. The average molecular weight is 404 g/mol. The summed E-state index contributed by atoms with van der Waals surface area (Å²) in [6.45, 7) is 1.33. The number of nitrogens with zero attached hydrogens (tertiary/aromatic N) is 1. The molecule has 1 N–H and O–H groups in total. The molecule has 0 saturated carbocycles. The molecule has 1 heterocycles. The average Bonchev–Trinajstić information content (AvgIpc) is 2.55. The molecule has 0 radical (unpaired) electrons. The van der Waals surface area contributed by atoms with Gasteiger partial charge in [-0.15, -0.1) is 11.8 Å². The number of nitrogens with one attached hydrogen (secondary N) is 1. The maximum atomic E-state index is 12.7. The molecule has 26 heavy (non-hydrogen) atoms. The van der Waals surface area contributed by atoms with Gasteiger partial charge in [-0.1, -0.05) is 6.07 Å². The zero-order valence-corrected chi connectivity index (χ0v) is 15.2. The molecule has 1 aromatic carbocycles. The molecular weight excluding hydrogens is 389 g/mol. The lowest BCUT2D eigenvalue weighted by atomic mass is 10.2. The summed E-state index contributed by atoms with van der Waals surface area (Å²) in [5.74, 6) is -0.589. The van der Waals surface area contributed by atoms with Gasteiger partial charge in [0.05, 0.1) is 21.9 Å². The summed E-state index contributed by atoms with van der Waals surface area (Å²) in [4.78, 5) is 14.9. The number of thioether (sulfide) groups is 1. The number of hydrogen-bond acceptors (Lipinski definition) is 5. The van der Waals surface area contributed by atoms with Crippen molar-refractivity contribution in [1.29, 1.82) is 0 Å². The fourth-order valence-corrected chi connectivity index (χ4v) is 4.66. The second-order valence-electron chi connectivity index (χ2n) is 5.23. The summed E-state index contributed by atoms with van der Waals surface area (Å²) < 4.78 is 62.8. The summed E-state index contributed by atoms with van der Waals surface area (Å²) in [6.07, 6.45) is -3.11. The maximum absolute atomic E-state index is 12.7. The number of carbonyl (C=O) groups excluding carboxylic acids is 1. The molecule has 2 aromatic rings. The lowest BCUT2D eigenvalue weighted by Gasteiger charge is -2.10. The van der Waals surface area contributed by atoms with Crippen LogP contribution in [0.3, 0.4) is 0 Å². The molecule has 5 nitrogen and oxygen atoms in total. The molecule has 1 amide bonds. The first-order chi connectivity index (χ1) is 12.1. The Morgan fingerprint density at radius 3 is 2.62 bits per heavy atom. The smallest absolute Gasteiger partial charge is 0.324 e. The molecule has 140 valence electrons. The quantitative estimate of drug-likeness (QED) is 0.744. The van der Waals surface area contributed by atoms with E-state index in [0.717, 1.165) is 30.0 Å². The number of halogens is 3. The van der Waals surface area contributed by atoms with Crippen LogP contribution in [0.4, 0.5) is 18.9 Å². The molecule has 0 aliphatic heterocycles. The topological polar surface area (TPSA) is 76.1 Å². The Bertz CT molecular complexity index is 900. The van der Waals surface area contributed by atoms with Crippen LogP contribution in [0.15, 0.2) is 52.5 Å². The van der Waals surface area contributed by atoms with Crippen molar-refractivity contribution in [2.75, 3.05) is 16.8 Å². The van der Waals surface area contributed by atoms with Crippen LogP contribution in [-0.2, 0) is 20.8 Å². The highest BCUT2D eigenvalue weighted by Gasteiger charge is 2.31. The number of sulfone groups is 1. The van der Waals surface area contributed by atoms with Crippen molar-refractivity contribution >= 4 is 33.2 Å². The third kappa shape index (κ3) is 5.46. The van der Waals surface area contributed by atoms with Crippen LogP contribution in [0.2, 0.25) is 0 Å². The van der Waals surface area contributed by atoms with E-state index in [1.165, 1.54) is 13.1 Å². The summed E-state index contributed by atoms with van der Waals surface area (Å²) in [5.41, 5.74) is -0.564. The van der Waals surface area contributed by atoms with Gasteiger partial charge in [-0.05, 0) is 30.3 Å². The first-order valence-electron chi connectivity index (χ1n) is 7.35. The number of carbonyl (C=O) groups is 1. The van der Waals surface area contributed by atoms with Crippen LogP contribution in [0, 0.1) is 0 Å². The van der Waals surface area contributed by atoms with E-state index in [2.05, 4.69) is 10.3 Å². The number of hydrogen-bond donors (Lipinski definition) is 1. The van der Waals surface area contributed by atoms with E-state index in [4.69, 9.17) is 0 Å². The number of alkyl halides is 3. The largest absolute Gasteiger partial charge is 0.416 e. The van der Waals surface area contributed by atoms with E-state index in [-0.39, 0.29) is 22.3 Å². The first-order valence-corrected chi connectivity index (χ1v) is 9.99. The van der Waals surface area contributed by atoms with Gasteiger partial charge in [-0.25, -0.2) is 13.4 Å². The van der Waals surface area contributed by atoms with E-state index in [9.17, 15) is 26.4 Å². The molecule has 2 rings (SSSR count). The minimum absolute atomic E-state index is 0.0716. The van der Waals surface area contributed by atoms with Gasteiger partial charge in [0.1, 0.15) is 5.03 Å². The van der Waals surface area contributed by atoms with Crippen molar-refractivity contribution in [2.45, 2.75) is 23.0 Å². The minimum atomic E-state index is -4.61. The summed E-state index contributed by atoms with van der Waals surface area (Å²) in [7, 11) is -3.89. The fourth-order valence-electron chi connectivity index (χ4n) is 2.02. The van der Waals surface area contributed by atoms with Gasteiger partial charge >= 0.3 is 6.18 Å². The molecule has 0 aliphatic rings. The molecule has 0 spiro atoms. The van der Waals surface area contributed by atoms with E-state index < -0.39 is 21.6 Å². The molecule has 0 atom stereocenters. The standard InChI is InChI=1S/C16H15F3N2O3S2/c1-11(22)21-14-6-3-7-20-15(14)25-8-9-26(23,24)13-5-2-4-12(10-13)16(17,18)19/h2-7,10H,8-9H2,1H3,(H,21,22). The molecule has 1 aromatic heterocycles. The lowest BCUT2D eigenvalue weighted by Crippen LogP contribution is -2.12. The monoisotopic (exact) mass is 404 g/mol. The third-order valence-electron chi connectivity index (χ3n) is 3.19. The van der Waals surface area contributed by atoms with Crippen molar-refractivity contribution in [3.05, 3.63) is 48.2 Å². The van der Waals surface area contributed by atoms with Gasteiger partial charge in [0.25, 0.3) is 0 Å². The Labute approximate surface area is 152 Å². The zero-order chi connectivity index (χ0) is 19.4. The Morgan fingerprint density at radius 1 is 1.23 bits per heavy atom. The maximum Gasteiger partial charge on any atom is 0.416 e. The summed E-state index contributed by atoms with van der Waals surface area (Å²) >= 11 is 1.09. The van der Waals surface area contributed by atoms with E-state index >= 15 is 0 Å². The van der Waals surface area contributed by atoms with E-state index in [1.807, 2.05) is 0 Å². The second kappa shape index (κ2) is 8.09. The van der Waals surface area contributed by atoms with Gasteiger partial charge in [-0.2, -0.15) is 13.2 Å². The number of amides is 1. The number of anilines is 1. The number of rotatable bonds is 6. The molecule has 0 fully saturated rings. The predicted molar refractivity (Wildman–Crippen MR) is 92.8 cm³/mol. The number of pyridine rings is 1. The normalized spacial score (nSPS) is 12.0.